The number of aryl methyl sites for hydroxylation is 1. The van der Waals surface area contributed by atoms with Gasteiger partial charge in [0.1, 0.15) is 0 Å². The number of hydrogen-bond acceptors (Lipinski definition) is 2. The van der Waals surface area contributed by atoms with E-state index >= 15 is 0 Å². The van der Waals surface area contributed by atoms with Gasteiger partial charge in [-0.15, -0.1) is 0 Å². The maximum atomic E-state index is 10.2. The number of aliphatic hydroxyl groups excluding tert-OH is 1. The second kappa shape index (κ2) is 9.15. The Hall–Kier alpha value is -0.860. The standard InChI is InChI=1S/C18H31NO/c1-5-14-9-11-16(12-10-14)17(8-4)19-13-18(20)15(6-2)7-3/h9-12,15,17-20H,5-8,13H2,1-4H3. The maximum absolute atomic E-state index is 10.2. The normalized spacial score (nSPS) is 14.5. The van der Waals surface area contributed by atoms with E-state index in [1.165, 1.54) is 11.1 Å². The summed E-state index contributed by atoms with van der Waals surface area (Å²) in [6.45, 7) is 9.35. The minimum Gasteiger partial charge on any atom is -0.392 e. The van der Waals surface area contributed by atoms with E-state index in [4.69, 9.17) is 0 Å². The second-order valence-electron chi connectivity index (χ2n) is 5.61. The first-order valence-corrected chi connectivity index (χ1v) is 8.16. The quantitative estimate of drug-likeness (QED) is 0.712. The molecule has 0 aliphatic carbocycles. The van der Waals surface area contributed by atoms with Crippen molar-refractivity contribution >= 4 is 0 Å². The lowest BCUT2D eigenvalue weighted by Gasteiger charge is -2.24. The summed E-state index contributed by atoms with van der Waals surface area (Å²) in [7, 11) is 0. The molecule has 0 saturated heterocycles. The van der Waals surface area contributed by atoms with Gasteiger partial charge in [-0.2, -0.15) is 0 Å². The summed E-state index contributed by atoms with van der Waals surface area (Å²) >= 11 is 0. The smallest absolute Gasteiger partial charge is 0.0692 e. The van der Waals surface area contributed by atoms with Gasteiger partial charge in [0.25, 0.3) is 0 Å². The lowest BCUT2D eigenvalue weighted by Crippen LogP contribution is -2.34. The van der Waals surface area contributed by atoms with Crippen molar-refractivity contribution < 1.29 is 5.11 Å². The Morgan fingerprint density at radius 1 is 0.950 bits per heavy atom. The molecule has 0 fully saturated rings. The second-order valence-corrected chi connectivity index (χ2v) is 5.61. The zero-order valence-corrected chi connectivity index (χ0v) is 13.5. The predicted octanol–water partition coefficient (Wildman–Crippen LogP) is 4.09. The summed E-state index contributed by atoms with van der Waals surface area (Å²) in [5.41, 5.74) is 2.70. The molecule has 0 saturated carbocycles. The summed E-state index contributed by atoms with van der Waals surface area (Å²) in [6.07, 6.45) is 3.97. The molecule has 2 nitrogen and oxygen atoms in total. The lowest BCUT2D eigenvalue weighted by molar-refractivity contribution is 0.0981. The van der Waals surface area contributed by atoms with Crippen molar-refractivity contribution in [3.8, 4) is 0 Å². The molecule has 0 spiro atoms. The average Bonchev–Trinajstić information content (AvgIpc) is 2.49. The highest BCUT2D eigenvalue weighted by Crippen LogP contribution is 2.19. The molecule has 2 atom stereocenters. The largest absolute Gasteiger partial charge is 0.392 e. The average molecular weight is 277 g/mol. The third-order valence-corrected chi connectivity index (χ3v) is 4.36. The van der Waals surface area contributed by atoms with Crippen molar-refractivity contribution in [2.24, 2.45) is 5.92 Å². The van der Waals surface area contributed by atoms with E-state index in [-0.39, 0.29) is 6.10 Å². The van der Waals surface area contributed by atoms with Gasteiger partial charge in [0.2, 0.25) is 0 Å². The molecule has 0 radical (unpaired) electrons. The minimum atomic E-state index is -0.242. The molecule has 0 bridgehead atoms. The highest BCUT2D eigenvalue weighted by Gasteiger charge is 2.17. The summed E-state index contributed by atoms with van der Waals surface area (Å²) in [4.78, 5) is 0. The minimum absolute atomic E-state index is 0.242. The van der Waals surface area contributed by atoms with Gasteiger partial charge in [0.05, 0.1) is 6.10 Å². The van der Waals surface area contributed by atoms with Crippen molar-refractivity contribution in [2.75, 3.05) is 6.54 Å². The highest BCUT2D eigenvalue weighted by atomic mass is 16.3. The van der Waals surface area contributed by atoms with Crippen LogP contribution in [-0.2, 0) is 6.42 Å². The van der Waals surface area contributed by atoms with E-state index in [1.807, 2.05) is 0 Å². The van der Waals surface area contributed by atoms with Crippen LogP contribution in [0, 0.1) is 5.92 Å². The lowest BCUT2D eigenvalue weighted by atomic mass is 9.95. The van der Waals surface area contributed by atoms with Crippen LogP contribution in [0.15, 0.2) is 24.3 Å². The molecule has 2 heteroatoms. The molecule has 0 aliphatic rings. The van der Waals surface area contributed by atoms with E-state index < -0.39 is 0 Å². The Kier molecular flexibility index (Phi) is 7.86. The van der Waals surface area contributed by atoms with Crippen molar-refractivity contribution in [3.63, 3.8) is 0 Å². The zero-order chi connectivity index (χ0) is 15.0. The number of rotatable bonds is 9. The van der Waals surface area contributed by atoms with E-state index in [0.29, 0.717) is 18.5 Å². The Bertz CT molecular complexity index is 356. The van der Waals surface area contributed by atoms with E-state index in [9.17, 15) is 5.11 Å². The summed E-state index contributed by atoms with van der Waals surface area (Å²) < 4.78 is 0. The molecule has 2 N–H and O–H groups in total. The van der Waals surface area contributed by atoms with Gasteiger partial charge in [-0.25, -0.2) is 0 Å². The number of aliphatic hydroxyl groups is 1. The van der Waals surface area contributed by atoms with Crippen LogP contribution in [0.3, 0.4) is 0 Å². The van der Waals surface area contributed by atoms with Gasteiger partial charge in [0.15, 0.2) is 0 Å². The van der Waals surface area contributed by atoms with Crippen LogP contribution in [-0.4, -0.2) is 17.8 Å². The van der Waals surface area contributed by atoms with Crippen LogP contribution in [0.4, 0.5) is 0 Å². The Morgan fingerprint density at radius 3 is 2.00 bits per heavy atom. The van der Waals surface area contributed by atoms with Gasteiger partial charge in [-0.1, -0.05) is 64.8 Å². The third kappa shape index (κ3) is 4.92. The SMILES string of the molecule is CCc1ccc(C(CC)NCC(O)C(CC)CC)cc1. The molecule has 0 amide bonds. The first-order valence-electron chi connectivity index (χ1n) is 8.16. The molecule has 2 unspecified atom stereocenters. The molecule has 1 aromatic rings. The summed E-state index contributed by atoms with van der Waals surface area (Å²) in [5, 5.41) is 13.7. The van der Waals surface area contributed by atoms with E-state index in [2.05, 4.69) is 57.3 Å². The molecular formula is C18H31NO. The highest BCUT2D eigenvalue weighted by molar-refractivity contribution is 5.25. The van der Waals surface area contributed by atoms with Crippen molar-refractivity contribution in [3.05, 3.63) is 35.4 Å². The van der Waals surface area contributed by atoms with Gasteiger partial charge < -0.3 is 10.4 Å². The molecule has 20 heavy (non-hydrogen) atoms. The molecule has 0 aliphatic heterocycles. The van der Waals surface area contributed by atoms with E-state index in [0.717, 1.165) is 25.7 Å². The Morgan fingerprint density at radius 2 is 1.55 bits per heavy atom. The Labute approximate surface area is 124 Å². The fraction of sp³-hybridized carbons (Fsp3) is 0.667. The van der Waals surface area contributed by atoms with Crippen LogP contribution >= 0.6 is 0 Å². The van der Waals surface area contributed by atoms with Gasteiger partial charge >= 0.3 is 0 Å². The fourth-order valence-electron chi connectivity index (χ4n) is 2.75. The van der Waals surface area contributed by atoms with Crippen molar-refractivity contribution in [1.82, 2.24) is 5.32 Å². The third-order valence-electron chi connectivity index (χ3n) is 4.36. The molecule has 1 rings (SSSR count). The van der Waals surface area contributed by atoms with E-state index in [1.54, 1.807) is 0 Å². The van der Waals surface area contributed by atoms with Gasteiger partial charge in [-0.3, -0.25) is 0 Å². The van der Waals surface area contributed by atoms with Crippen LogP contribution in [0.1, 0.15) is 64.1 Å². The first-order chi connectivity index (χ1) is 9.65. The number of hydrogen-bond donors (Lipinski definition) is 2. The van der Waals surface area contributed by atoms with Crippen LogP contribution < -0.4 is 5.32 Å². The topological polar surface area (TPSA) is 32.3 Å². The van der Waals surface area contributed by atoms with Crippen LogP contribution in [0.25, 0.3) is 0 Å². The van der Waals surface area contributed by atoms with Crippen LogP contribution in [0.5, 0.6) is 0 Å². The number of nitrogens with one attached hydrogen (secondary N) is 1. The molecule has 114 valence electrons. The van der Waals surface area contributed by atoms with Crippen molar-refractivity contribution in [1.29, 1.82) is 0 Å². The van der Waals surface area contributed by atoms with Gasteiger partial charge in [-0.05, 0) is 29.9 Å². The Balaban J connectivity index is 2.58. The first kappa shape index (κ1) is 17.2. The van der Waals surface area contributed by atoms with Gasteiger partial charge in [0, 0.05) is 12.6 Å². The molecule has 0 heterocycles. The zero-order valence-electron chi connectivity index (χ0n) is 13.5. The van der Waals surface area contributed by atoms with Crippen molar-refractivity contribution in [2.45, 2.75) is 65.5 Å². The predicted molar refractivity (Wildman–Crippen MR) is 86.9 cm³/mol. The summed E-state index contributed by atoms with van der Waals surface area (Å²) in [5.74, 6) is 0.405. The monoisotopic (exact) mass is 277 g/mol. The van der Waals surface area contributed by atoms with Crippen LogP contribution in [0.2, 0.25) is 0 Å². The maximum Gasteiger partial charge on any atom is 0.0692 e. The molecule has 1 aromatic carbocycles. The summed E-state index contributed by atoms with van der Waals surface area (Å²) in [6, 6.07) is 9.17. The molecule has 0 aromatic heterocycles. The molecular weight excluding hydrogens is 246 g/mol. The number of benzene rings is 1. The fourth-order valence-corrected chi connectivity index (χ4v) is 2.75.